The van der Waals surface area contributed by atoms with Gasteiger partial charge in [-0.1, -0.05) is 18.9 Å². The third-order valence-corrected chi connectivity index (χ3v) is 5.60. The second-order valence-corrected chi connectivity index (χ2v) is 7.26. The minimum Gasteiger partial charge on any atom is -0.389 e. The molecule has 1 aliphatic carbocycles. The van der Waals surface area contributed by atoms with Crippen molar-refractivity contribution in [2.24, 2.45) is 0 Å². The molecule has 19 heavy (non-hydrogen) atoms. The zero-order chi connectivity index (χ0) is 13.1. The third kappa shape index (κ3) is 3.26. The highest BCUT2D eigenvalue weighted by Gasteiger charge is 2.30. The van der Waals surface area contributed by atoms with Crippen LogP contribution in [-0.2, 0) is 6.54 Å². The topological polar surface area (TPSA) is 32.3 Å². The molecule has 0 atom stereocenters. The maximum Gasteiger partial charge on any atom is 0.0771 e. The Balaban J connectivity index is 1.53. The first kappa shape index (κ1) is 13.3. The molecule has 102 valence electrons. The zero-order valence-electron chi connectivity index (χ0n) is 10.9. The molecule has 0 unspecified atom stereocenters. The minimum atomic E-state index is -0.451. The summed E-state index contributed by atoms with van der Waals surface area (Å²) in [5.41, 5.74) is 0.866. The van der Waals surface area contributed by atoms with Crippen LogP contribution in [0.4, 0.5) is 0 Å². The summed E-state index contributed by atoms with van der Waals surface area (Å²) < 4.78 is 0. The summed E-state index contributed by atoms with van der Waals surface area (Å²) in [7, 11) is 0. The summed E-state index contributed by atoms with van der Waals surface area (Å²) in [4.78, 5) is 2.67. The molecule has 2 nitrogen and oxygen atoms in total. The van der Waals surface area contributed by atoms with E-state index in [0.29, 0.717) is 0 Å². The molecule has 1 aliphatic rings. The molecule has 0 aliphatic heterocycles. The largest absolute Gasteiger partial charge is 0.389 e. The second kappa shape index (κ2) is 5.75. The molecule has 2 heterocycles. The van der Waals surface area contributed by atoms with Crippen LogP contribution in [0.25, 0.3) is 10.4 Å². The van der Waals surface area contributed by atoms with Gasteiger partial charge in [0.25, 0.3) is 0 Å². The van der Waals surface area contributed by atoms with Crippen LogP contribution < -0.4 is 5.32 Å². The summed E-state index contributed by atoms with van der Waals surface area (Å²) >= 11 is 3.57. The van der Waals surface area contributed by atoms with Crippen molar-refractivity contribution in [3.8, 4) is 10.4 Å². The van der Waals surface area contributed by atoms with E-state index in [1.807, 2.05) is 0 Å². The molecule has 0 spiro atoms. The number of hydrogen-bond donors (Lipinski definition) is 2. The van der Waals surface area contributed by atoms with E-state index in [1.165, 1.54) is 28.2 Å². The summed E-state index contributed by atoms with van der Waals surface area (Å²) in [5.74, 6) is 0. The lowest BCUT2D eigenvalue weighted by Crippen LogP contribution is -2.37. The average molecular weight is 293 g/mol. The molecule has 1 saturated carbocycles. The van der Waals surface area contributed by atoms with E-state index in [1.54, 1.807) is 22.7 Å². The van der Waals surface area contributed by atoms with Gasteiger partial charge in [-0.2, -0.15) is 0 Å². The molecule has 0 bridgehead atoms. The molecule has 0 radical (unpaired) electrons. The van der Waals surface area contributed by atoms with E-state index in [-0.39, 0.29) is 0 Å². The summed E-state index contributed by atoms with van der Waals surface area (Å²) in [5, 5.41) is 18.0. The van der Waals surface area contributed by atoms with Crippen LogP contribution in [0.2, 0.25) is 0 Å². The smallest absolute Gasteiger partial charge is 0.0771 e. The van der Waals surface area contributed by atoms with Crippen molar-refractivity contribution in [3.63, 3.8) is 0 Å². The van der Waals surface area contributed by atoms with Crippen molar-refractivity contribution in [2.45, 2.75) is 37.8 Å². The Labute approximate surface area is 122 Å². The van der Waals surface area contributed by atoms with Gasteiger partial charge in [-0.15, -0.1) is 22.7 Å². The Morgan fingerprint density at radius 1 is 1.26 bits per heavy atom. The average Bonchev–Trinajstić information content (AvgIpc) is 3.08. The van der Waals surface area contributed by atoms with Gasteiger partial charge in [0.05, 0.1) is 5.60 Å². The van der Waals surface area contributed by atoms with Crippen molar-refractivity contribution < 1.29 is 5.11 Å². The zero-order valence-corrected chi connectivity index (χ0v) is 12.5. The Morgan fingerprint density at radius 2 is 2.11 bits per heavy atom. The Bertz CT molecular complexity index is 512. The van der Waals surface area contributed by atoms with Crippen molar-refractivity contribution in [1.82, 2.24) is 5.32 Å². The molecular formula is C15H19NOS2. The van der Waals surface area contributed by atoms with Crippen LogP contribution in [0, 0.1) is 0 Å². The Hall–Kier alpha value is -0.680. The van der Waals surface area contributed by atoms with Crippen molar-refractivity contribution >= 4 is 22.7 Å². The molecule has 0 aromatic carbocycles. The lowest BCUT2D eigenvalue weighted by Gasteiger charge is -2.22. The van der Waals surface area contributed by atoms with Crippen molar-refractivity contribution in [2.75, 3.05) is 6.54 Å². The normalized spacial score (nSPS) is 17.9. The minimum absolute atomic E-state index is 0.451. The van der Waals surface area contributed by atoms with Gasteiger partial charge in [-0.25, -0.2) is 0 Å². The van der Waals surface area contributed by atoms with E-state index >= 15 is 0 Å². The van der Waals surface area contributed by atoms with Gasteiger partial charge in [0.15, 0.2) is 0 Å². The molecule has 4 heteroatoms. The lowest BCUT2D eigenvalue weighted by atomic mass is 10.0. The Kier molecular flexibility index (Phi) is 4.03. The second-order valence-electron chi connectivity index (χ2n) is 5.31. The van der Waals surface area contributed by atoms with Crippen molar-refractivity contribution in [1.29, 1.82) is 0 Å². The van der Waals surface area contributed by atoms with Crippen molar-refractivity contribution in [3.05, 3.63) is 33.8 Å². The highest BCUT2D eigenvalue weighted by Crippen LogP contribution is 2.30. The maximum absolute atomic E-state index is 10.3. The highest BCUT2D eigenvalue weighted by atomic mass is 32.1. The van der Waals surface area contributed by atoms with Gasteiger partial charge >= 0.3 is 0 Å². The van der Waals surface area contributed by atoms with Gasteiger partial charge in [-0.3, -0.25) is 0 Å². The Morgan fingerprint density at radius 3 is 2.84 bits per heavy atom. The van der Waals surface area contributed by atoms with Crippen LogP contribution in [-0.4, -0.2) is 17.3 Å². The predicted octanol–water partition coefficient (Wildman–Crippen LogP) is 3.87. The highest BCUT2D eigenvalue weighted by molar-refractivity contribution is 7.14. The first-order chi connectivity index (χ1) is 9.25. The SMILES string of the molecule is OC1(CNCc2cc(-c3cccs3)cs2)CCCC1. The summed E-state index contributed by atoms with van der Waals surface area (Å²) in [6.07, 6.45) is 4.23. The fourth-order valence-electron chi connectivity index (χ4n) is 2.67. The summed E-state index contributed by atoms with van der Waals surface area (Å²) in [6.45, 7) is 1.58. The van der Waals surface area contributed by atoms with Gasteiger partial charge < -0.3 is 10.4 Å². The summed E-state index contributed by atoms with van der Waals surface area (Å²) in [6, 6.07) is 6.50. The van der Waals surface area contributed by atoms with Crippen LogP contribution in [0.5, 0.6) is 0 Å². The number of thiophene rings is 2. The molecule has 1 fully saturated rings. The van der Waals surface area contributed by atoms with E-state index in [4.69, 9.17) is 0 Å². The van der Waals surface area contributed by atoms with Gasteiger partial charge in [0, 0.05) is 28.4 Å². The van der Waals surface area contributed by atoms with Gasteiger partial charge in [-0.05, 0) is 35.7 Å². The molecule has 0 saturated heterocycles. The van der Waals surface area contributed by atoms with E-state index in [2.05, 4.69) is 34.3 Å². The fraction of sp³-hybridized carbons (Fsp3) is 0.467. The first-order valence-electron chi connectivity index (χ1n) is 6.80. The predicted molar refractivity (Wildman–Crippen MR) is 82.8 cm³/mol. The molecule has 2 aromatic heterocycles. The van der Waals surface area contributed by atoms with E-state index in [0.717, 1.165) is 25.9 Å². The standard InChI is InChI=1S/C15H19NOS2/c17-15(5-1-2-6-15)11-16-9-13-8-12(10-19-13)14-4-3-7-18-14/h3-4,7-8,10,16-17H,1-2,5-6,9,11H2. The molecule has 2 N–H and O–H groups in total. The monoisotopic (exact) mass is 293 g/mol. The molecule has 2 aromatic rings. The van der Waals surface area contributed by atoms with Crippen LogP contribution >= 0.6 is 22.7 Å². The molecular weight excluding hydrogens is 274 g/mol. The molecule has 3 rings (SSSR count). The molecule has 0 amide bonds. The lowest BCUT2D eigenvalue weighted by molar-refractivity contribution is 0.0475. The quantitative estimate of drug-likeness (QED) is 0.877. The first-order valence-corrected chi connectivity index (χ1v) is 8.56. The van der Waals surface area contributed by atoms with Gasteiger partial charge in [0.1, 0.15) is 0 Å². The van der Waals surface area contributed by atoms with E-state index in [9.17, 15) is 5.11 Å². The number of hydrogen-bond acceptors (Lipinski definition) is 4. The maximum atomic E-state index is 10.3. The number of nitrogens with one attached hydrogen (secondary N) is 1. The number of rotatable bonds is 5. The van der Waals surface area contributed by atoms with E-state index < -0.39 is 5.60 Å². The third-order valence-electron chi connectivity index (χ3n) is 3.75. The fourth-order valence-corrected chi connectivity index (χ4v) is 4.32. The number of aliphatic hydroxyl groups is 1. The van der Waals surface area contributed by atoms with Crippen LogP contribution in [0.1, 0.15) is 30.6 Å². The van der Waals surface area contributed by atoms with Crippen LogP contribution in [0.15, 0.2) is 29.0 Å². The van der Waals surface area contributed by atoms with Gasteiger partial charge in [0.2, 0.25) is 0 Å². The van der Waals surface area contributed by atoms with Crippen LogP contribution in [0.3, 0.4) is 0 Å².